The van der Waals surface area contributed by atoms with Crippen LogP contribution in [0, 0.1) is 5.92 Å². The lowest BCUT2D eigenvalue weighted by atomic mass is 10.1. The fourth-order valence-electron chi connectivity index (χ4n) is 0.569. The van der Waals surface area contributed by atoms with E-state index in [9.17, 15) is 4.79 Å². The van der Waals surface area contributed by atoms with Crippen LogP contribution in [0.5, 0.6) is 0 Å². The molecule has 0 heterocycles. The first kappa shape index (κ1) is 10.2. The minimum absolute atomic E-state index is 0.243. The second kappa shape index (κ2) is 5.96. The SMILES string of the molecule is CCOC(=O)/C=C/[C@H](C)CC. The topological polar surface area (TPSA) is 26.3 Å². The van der Waals surface area contributed by atoms with Crippen LogP contribution in [0.25, 0.3) is 0 Å². The Balaban J connectivity index is 3.63. The third-order valence-electron chi connectivity index (χ3n) is 1.49. The molecule has 0 aromatic rings. The van der Waals surface area contributed by atoms with E-state index in [2.05, 4.69) is 13.8 Å². The minimum atomic E-state index is -0.243. The lowest BCUT2D eigenvalue weighted by Crippen LogP contribution is -1.99. The number of carbonyl (C=O) groups is 1. The van der Waals surface area contributed by atoms with Crippen molar-refractivity contribution >= 4 is 5.97 Å². The summed E-state index contributed by atoms with van der Waals surface area (Å²) in [6.07, 6.45) is 4.42. The van der Waals surface area contributed by atoms with E-state index in [0.29, 0.717) is 12.5 Å². The predicted octanol–water partition coefficient (Wildman–Crippen LogP) is 2.15. The molecule has 0 radical (unpaired) electrons. The third-order valence-corrected chi connectivity index (χ3v) is 1.49. The highest BCUT2D eigenvalue weighted by Crippen LogP contribution is 2.01. The Labute approximate surface area is 68.2 Å². The van der Waals surface area contributed by atoms with Gasteiger partial charge in [0.2, 0.25) is 0 Å². The quantitative estimate of drug-likeness (QED) is 0.460. The molecule has 0 unspecified atom stereocenters. The first-order valence-electron chi connectivity index (χ1n) is 4.05. The number of carbonyl (C=O) groups excluding carboxylic acids is 1. The average molecular weight is 156 g/mol. The van der Waals surface area contributed by atoms with E-state index >= 15 is 0 Å². The summed E-state index contributed by atoms with van der Waals surface area (Å²) in [5, 5.41) is 0. The van der Waals surface area contributed by atoms with Crippen molar-refractivity contribution in [2.75, 3.05) is 6.61 Å². The molecule has 0 aromatic heterocycles. The molecule has 0 aliphatic heterocycles. The number of hydrogen-bond donors (Lipinski definition) is 0. The van der Waals surface area contributed by atoms with Crippen LogP contribution in [0.3, 0.4) is 0 Å². The largest absolute Gasteiger partial charge is 0.463 e. The second-order valence-corrected chi connectivity index (χ2v) is 2.50. The Bertz CT molecular complexity index is 138. The molecule has 64 valence electrons. The van der Waals surface area contributed by atoms with Crippen molar-refractivity contribution in [1.29, 1.82) is 0 Å². The van der Waals surface area contributed by atoms with Crippen molar-refractivity contribution < 1.29 is 9.53 Å². The van der Waals surface area contributed by atoms with Crippen LogP contribution in [0.2, 0.25) is 0 Å². The molecule has 2 heteroatoms. The van der Waals surface area contributed by atoms with E-state index in [0.717, 1.165) is 6.42 Å². The molecule has 0 fully saturated rings. The molecule has 0 amide bonds. The van der Waals surface area contributed by atoms with Crippen LogP contribution in [0.1, 0.15) is 27.2 Å². The van der Waals surface area contributed by atoms with Crippen LogP contribution >= 0.6 is 0 Å². The molecule has 0 saturated heterocycles. The Kier molecular flexibility index (Phi) is 5.53. The molecule has 0 aliphatic rings. The highest BCUT2D eigenvalue weighted by atomic mass is 16.5. The zero-order valence-corrected chi connectivity index (χ0v) is 7.46. The normalized spacial score (nSPS) is 13.4. The Morgan fingerprint density at radius 3 is 2.64 bits per heavy atom. The summed E-state index contributed by atoms with van der Waals surface area (Å²) in [5.74, 6) is 0.215. The maximum absolute atomic E-state index is 10.8. The van der Waals surface area contributed by atoms with Gasteiger partial charge in [-0.3, -0.25) is 0 Å². The molecule has 0 bridgehead atoms. The zero-order valence-electron chi connectivity index (χ0n) is 7.46. The first-order chi connectivity index (χ1) is 5.20. The monoisotopic (exact) mass is 156 g/mol. The molecule has 0 aromatic carbocycles. The number of allylic oxidation sites excluding steroid dienone is 1. The fraction of sp³-hybridized carbons (Fsp3) is 0.667. The molecular weight excluding hydrogens is 140 g/mol. The first-order valence-corrected chi connectivity index (χ1v) is 4.05. The van der Waals surface area contributed by atoms with E-state index < -0.39 is 0 Å². The summed E-state index contributed by atoms with van der Waals surface area (Å²) < 4.78 is 4.71. The van der Waals surface area contributed by atoms with Crippen LogP contribution < -0.4 is 0 Å². The van der Waals surface area contributed by atoms with Crippen LogP contribution in [0.15, 0.2) is 12.2 Å². The number of esters is 1. The summed E-state index contributed by atoms with van der Waals surface area (Å²) in [4.78, 5) is 10.8. The highest BCUT2D eigenvalue weighted by Gasteiger charge is 1.95. The van der Waals surface area contributed by atoms with Crippen LogP contribution in [-0.4, -0.2) is 12.6 Å². The summed E-state index contributed by atoms with van der Waals surface area (Å²) in [6, 6.07) is 0. The van der Waals surface area contributed by atoms with E-state index in [1.807, 2.05) is 6.08 Å². The summed E-state index contributed by atoms with van der Waals surface area (Å²) in [5.41, 5.74) is 0. The van der Waals surface area contributed by atoms with Gasteiger partial charge in [0.25, 0.3) is 0 Å². The van der Waals surface area contributed by atoms with Gasteiger partial charge in [-0.25, -0.2) is 4.79 Å². The zero-order chi connectivity index (χ0) is 8.69. The van der Waals surface area contributed by atoms with Crippen LogP contribution in [0.4, 0.5) is 0 Å². The molecule has 2 nitrogen and oxygen atoms in total. The molecule has 0 saturated carbocycles. The average Bonchev–Trinajstić information content (AvgIpc) is 2.01. The van der Waals surface area contributed by atoms with Gasteiger partial charge in [-0.1, -0.05) is 26.3 Å². The van der Waals surface area contributed by atoms with Gasteiger partial charge >= 0.3 is 5.97 Å². The van der Waals surface area contributed by atoms with Crippen molar-refractivity contribution in [1.82, 2.24) is 0 Å². The lowest BCUT2D eigenvalue weighted by molar-refractivity contribution is -0.137. The Hall–Kier alpha value is -0.790. The van der Waals surface area contributed by atoms with E-state index in [1.165, 1.54) is 6.08 Å². The van der Waals surface area contributed by atoms with Crippen molar-refractivity contribution in [2.45, 2.75) is 27.2 Å². The van der Waals surface area contributed by atoms with Crippen molar-refractivity contribution in [3.8, 4) is 0 Å². The molecule has 1 atom stereocenters. The van der Waals surface area contributed by atoms with Crippen molar-refractivity contribution in [3.05, 3.63) is 12.2 Å². The van der Waals surface area contributed by atoms with Gasteiger partial charge in [-0.15, -0.1) is 0 Å². The maximum atomic E-state index is 10.8. The van der Waals surface area contributed by atoms with E-state index in [-0.39, 0.29) is 5.97 Å². The number of rotatable bonds is 4. The standard InChI is InChI=1S/C9H16O2/c1-4-8(3)6-7-9(10)11-5-2/h6-8H,4-5H2,1-3H3/b7-6+/t8-/m1/s1. The molecule has 0 rings (SSSR count). The molecule has 11 heavy (non-hydrogen) atoms. The van der Waals surface area contributed by atoms with E-state index in [4.69, 9.17) is 4.74 Å². The number of ether oxygens (including phenoxy) is 1. The molecule has 0 spiro atoms. The van der Waals surface area contributed by atoms with Gasteiger partial charge in [0.15, 0.2) is 0 Å². The number of hydrogen-bond acceptors (Lipinski definition) is 2. The second-order valence-electron chi connectivity index (χ2n) is 2.50. The highest BCUT2D eigenvalue weighted by molar-refractivity contribution is 5.81. The van der Waals surface area contributed by atoms with Crippen LogP contribution in [-0.2, 0) is 9.53 Å². The maximum Gasteiger partial charge on any atom is 0.330 e. The van der Waals surface area contributed by atoms with Gasteiger partial charge < -0.3 is 4.74 Å². The Morgan fingerprint density at radius 2 is 2.18 bits per heavy atom. The van der Waals surface area contributed by atoms with Crippen molar-refractivity contribution in [3.63, 3.8) is 0 Å². The minimum Gasteiger partial charge on any atom is -0.463 e. The molecular formula is C9H16O2. The smallest absolute Gasteiger partial charge is 0.330 e. The van der Waals surface area contributed by atoms with Gasteiger partial charge in [-0.05, 0) is 12.8 Å². The van der Waals surface area contributed by atoms with Gasteiger partial charge in [-0.2, -0.15) is 0 Å². The van der Waals surface area contributed by atoms with Gasteiger partial charge in [0.1, 0.15) is 0 Å². The van der Waals surface area contributed by atoms with Crippen molar-refractivity contribution in [2.24, 2.45) is 5.92 Å². The molecule has 0 aliphatic carbocycles. The summed E-state index contributed by atoms with van der Waals surface area (Å²) in [6.45, 7) is 6.40. The third kappa shape index (κ3) is 5.64. The fourth-order valence-corrected chi connectivity index (χ4v) is 0.569. The lowest BCUT2D eigenvalue weighted by Gasteiger charge is -1.99. The van der Waals surface area contributed by atoms with E-state index in [1.54, 1.807) is 6.92 Å². The van der Waals surface area contributed by atoms with Gasteiger partial charge in [0.05, 0.1) is 6.61 Å². The van der Waals surface area contributed by atoms with Gasteiger partial charge in [0, 0.05) is 6.08 Å². The summed E-state index contributed by atoms with van der Waals surface area (Å²) >= 11 is 0. The Morgan fingerprint density at radius 1 is 1.55 bits per heavy atom. The summed E-state index contributed by atoms with van der Waals surface area (Å²) in [7, 11) is 0. The molecule has 0 N–H and O–H groups in total. The predicted molar refractivity (Wildman–Crippen MR) is 45.2 cm³/mol.